The Hall–Kier alpha value is -1.04. The van der Waals surface area contributed by atoms with Gasteiger partial charge in [-0.05, 0) is 0 Å². The molecule has 0 radical (unpaired) electrons. The molecule has 1 saturated heterocycles. The molecule has 1 aliphatic rings. The van der Waals surface area contributed by atoms with Crippen LogP contribution in [0.1, 0.15) is 0 Å². The molecule has 1 aliphatic heterocycles. The van der Waals surface area contributed by atoms with Crippen molar-refractivity contribution in [2.45, 2.75) is 0 Å². The van der Waals surface area contributed by atoms with Crippen molar-refractivity contribution in [3.63, 3.8) is 0 Å². The van der Waals surface area contributed by atoms with E-state index in [1.54, 1.807) is 0 Å². The smallest absolute Gasteiger partial charge is 0.870 e. The molecule has 80 valence electrons. The molecule has 15 heavy (non-hydrogen) atoms. The fraction of sp³-hybridized carbons (Fsp3) is 0.400. The zero-order chi connectivity index (χ0) is 9.10. The first kappa shape index (κ1) is 14.0. The molecule has 0 amide bonds. The topological polar surface area (TPSA) is 72.5 Å². The quantitative estimate of drug-likeness (QED) is 0.605. The maximum absolute atomic E-state index is 5.71. The van der Waals surface area contributed by atoms with Crippen molar-refractivity contribution in [2.75, 3.05) is 31.2 Å². The Bertz CT molecular complexity index is 290. The van der Waals surface area contributed by atoms with Gasteiger partial charge in [-0.15, -0.1) is 0 Å². The SMILES string of the molecule is [B+2]c1cccc(N2CCOCC2)c1.[OH-].[OH-]. The molecule has 0 unspecified atom stereocenters. The molecule has 0 bridgehead atoms. The summed E-state index contributed by atoms with van der Waals surface area (Å²) in [6.45, 7) is 3.55. The van der Waals surface area contributed by atoms with Gasteiger partial charge in [0.15, 0.2) is 0 Å². The Kier molecular flexibility index (Phi) is 6.00. The standard InChI is InChI=1S/C10H12BNO.2H2O/c11-9-2-1-3-10(8-9)12-4-6-13-7-5-12;;/h1-3,8H,4-7H2;2*1H2/q+2;;/p-2. The summed E-state index contributed by atoms with van der Waals surface area (Å²) in [7, 11) is 5.71. The average Bonchev–Trinajstić information content (AvgIpc) is 2.19. The van der Waals surface area contributed by atoms with Gasteiger partial charge in [-0.1, -0.05) is 0 Å². The molecule has 0 aliphatic carbocycles. The first-order chi connectivity index (χ1) is 6.36. The van der Waals surface area contributed by atoms with Crippen molar-refractivity contribution in [3.8, 4) is 0 Å². The first-order valence-corrected chi connectivity index (χ1v) is 4.54. The van der Waals surface area contributed by atoms with Gasteiger partial charge in [-0.3, -0.25) is 0 Å². The third-order valence-corrected chi connectivity index (χ3v) is 2.25. The van der Waals surface area contributed by atoms with Crippen LogP contribution in [0.15, 0.2) is 24.3 Å². The number of hydrogen-bond acceptors (Lipinski definition) is 4. The largest absolute Gasteiger partial charge is 0.870 e. The summed E-state index contributed by atoms with van der Waals surface area (Å²) in [5.74, 6) is 0. The molecule has 0 atom stereocenters. The van der Waals surface area contributed by atoms with Gasteiger partial charge >= 0.3 is 79.2 Å². The Morgan fingerprint density at radius 1 is 1.13 bits per heavy atom. The van der Waals surface area contributed by atoms with Gasteiger partial charge in [0, 0.05) is 0 Å². The third-order valence-electron chi connectivity index (χ3n) is 2.25. The molecule has 4 nitrogen and oxygen atoms in total. The van der Waals surface area contributed by atoms with E-state index in [1.807, 2.05) is 18.2 Å². The Morgan fingerprint density at radius 2 is 1.80 bits per heavy atom. The molecule has 1 aromatic rings. The minimum Gasteiger partial charge on any atom is -0.870 e. The minimum absolute atomic E-state index is 0. The first-order valence-electron chi connectivity index (χ1n) is 4.54. The van der Waals surface area contributed by atoms with Crippen LogP contribution in [-0.2, 0) is 4.74 Å². The van der Waals surface area contributed by atoms with E-state index in [0.29, 0.717) is 0 Å². The number of rotatable bonds is 1. The maximum atomic E-state index is 5.71. The van der Waals surface area contributed by atoms with Gasteiger partial charge in [-0.25, -0.2) is 0 Å². The van der Waals surface area contributed by atoms with Gasteiger partial charge in [0.05, 0.1) is 0 Å². The summed E-state index contributed by atoms with van der Waals surface area (Å²) in [5, 5.41) is 0. The van der Waals surface area contributed by atoms with Crippen molar-refractivity contribution < 1.29 is 15.7 Å². The molecule has 1 heterocycles. The second-order valence-corrected chi connectivity index (χ2v) is 3.19. The van der Waals surface area contributed by atoms with Crippen LogP contribution in [0.25, 0.3) is 0 Å². The summed E-state index contributed by atoms with van der Waals surface area (Å²) in [5.41, 5.74) is 2.02. The van der Waals surface area contributed by atoms with Gasteiger partial charge in [0.1, 0.15) is 0 Å². The predicted octanol–water partition coefficient (Wildman–Crippen LogP) is -0.0366. The molecule has 1 aromatic carbocycles. The summed E-state index contributed by atoms with van der Waals surface area (Å²) in [6, 6.07) is 7.98. The van der Waals surface area contributed by atoms with Crippen LogP contribution in [0.4, 0.5) is 5.69 Å². The summed E-state index contributed by atoms with van der Waals surface area (Å²) in [4.78, 5) is 2.29. The fourth-order valence-electron chi connectivity index (χ4n) is 1.54. The Balaban J connectivity index is 0.000000980. The molecule has 5 heteroatoms. The van der Waals surface area contributed by atoms with E-state index in [0.717, 1.165) is 31.8 Å². The van der Waals surface area contributed by atoms with E-state index in [4.69, 9.17) is 12.6 Å². The summed E-state index contributed by atoms with van der Waals surface area (Å²) < 4.78 is 5.28. The maximum Gasteiger partial charge on any atom is -0.870 e. The van der Waals surface area contributed by atoms with Crippen LogP contribution in [0.2, 0.25) is 0 Å². The van der Waals surface area contributed by atoms with E-state index < -0.39 is 0 Å². The normalized spacial score (nSPS) is 15.2. The van der Waals surface area contributed by atoms with Crippen LogP contribution >= 0.6 is 0 Å². The van der Waals surface area contributed by atoms with Gasteiger partial charge in [-0.2, -0.15) is 0 Å². The molecule has 0 spiro atoms. The second-order valence-electron chi connectivity index (χ2n) is 3.19. The molecule has 0 aromatic heterocycles. The monoisotopic (exact) mass is 207 g/mol. The summed E-state index contributed by atoms with van der Waals surface area (Å²) >= 11 is 0. The van der Waals surface area contributed by atoms with Gasteiger partial charge < -0.3 is 11.0 Å². The van der Waals surface area contributed by atoms with E-state index in [1.165, 1.54) is 5.69 Å². The number of nitrogens with zero attached hydrogens (tertiary/aromatic N) is 1. The molecule has 0 saturated carbocycles. The number of ether oxygens (including phenoxy) is 1. The van der Waals surface area contributed by atoms with Crippen LogP contribution in [0.3, 0.4) is 0 Å². The van der Waals surface area contributed by atoms with Gasteiger partial charge in [0.2, 0.25) is 0 Å². The van der Waals surface area contributed by atoms with E-state index >= 15 is 0 Å². The van der Waals surface area contributed by atoms with Gasteiger partial charge in [0.25, 0.3) is 0 Å². The van der Waals surface area contributed by atoms with Crippen molar-refractivity contribution in [1.29, 1.82) is 0 Å². The fourth-order valence-corrected chi connectivity index (χ4v) is 1.54. The molecule has 1 fully saturated rings. The minimum atomic E-state index is 0. The van der Waals surface area contributed by atoms with Crippen LogP contribution in [-0.4, -0.2) is 45.1 Å². The zero-order valence-electron chi connectivity index (χ0n) is 8.47. The molecular formula is C10H14BNO3. The molecule has 2 rings (SSSR count). The number of benzene rings is 1. The summed E-state index contributed by atoms with van der Waals surface area (Å²) in [6.07, 6.45) is 0. The number of anilines is 1. The van der Waals surface area contributed by atoms with Crippen molar-refractivity contribution in [2.24, 2.45) is 0 Å². The van der Waals surface area contributed by atoms with Crippen LogP contribution in [0, 0.1) is 0 Å². The average molecular weight is 207 g/mol. The van der Waals surface area contributed by atoms with Crippen LogP contribution in [0.5, 0.6) is 0 Å². The second kappa shape index (κ2) is 6.45. The van der Waals surface area contributed by atoms with Crippen molar-refractivity contribution in [1.82, 2.24) is 0 Å². The third kappa shape index (κ3) is 3.55. The zero-order valence-corrected chi connectivity index (χ0v) is 8.47. The van der Waals surface area contributed by atoms with Crippen molar-refractivity contribution in [3.05, 3.63) is 24.3 Å². The van der Waals surface area contributed by atoms with E-state index in [2.05, 4.69) is 11.0 Å². The van der Waals surface area contributed by atoms with Crippen LogP contribution < -0.4 is 10.4 Å². The molecular weight excluding hydrogens is 193 g/mol. The van der Waals surface area contributed by atoms with E-state index in [9.17, 15) is 0 Å². The number of hydrogen-bond donors (Lipinski definition) is 0. The number of morpholine rings is 1. The van der Waals surface area contributed by atoms with Crippen molar-refractivity contribution >= 4 is 19.0 Å². The Labute approximate surface area is 90.9 Å². The Morgan fingerprint density at radius 3 is 2.40 bits per heavy atom. The van der Waals surface area contributed by atoms with E-state index in [-0.39, 0.29) is 11.0 Å². The molecule has 2 N–H and O–H groups in total. The predicted molar refractivity (Wildman–Crippen MR) is 58.7 cm³/mol.